The molecule has 1 aliphatic carbocycles. The Kier molecular flexibility index (Phi) is 7.16. The molecule has 31 heavy (non-hydrogen) atoms. The summed E-state index contributed by atoms with van der Waals surface area (Å²) in [5.74, 6) is 1.45. The standard InChI is InChI=1S/C26H31NO4/c1-26(2)16-20(27-13-12-19-10-11-23(30-3)24(15-19)31-4)25(22(29)17-26)21(28)14-18-8-6-5-7-9-18/h5-11,15,28H,12-14,16-17H2,1-4H3. The summed E-state index contributed by atoms with van der Waals surface area (Å²) >= 11 is 0. The number of hydrogen-bond acceptors (Lipinski definition) is 5. The second kappa shape index (κ2) is 9.82. The van der Waals surface area contributed by atoms with E-state index in [1.807, 2.05) is 48.5 Å². The lowest BCUT2D eigenvalue weighted by Crippen LogP contribution is -2.33. The summed E-state index contributed by atoms with van der Waals surface area (Å²) in [4.78, 5) is 17.7. The van der Waals surface area contributed by atoms with Gasteiger partial charge in [-0.2, -0.15) is 0 Å². The number of benzene rings is 2. The SMILES string of the molecule is COc1ccc(CCN=C2CC(C)(C)CC(=O)C2=C(O)Cc2ccccc2)cc1OC. The molecule has 0 bridgehead atoms. The van der Waals surface area contributed by atoms with Gasteiger partial charge in [-0.3, -0.25) is 9.79 Å². The highest BCUT2D eigenvalue weighted by Gasteiger charge is 2.36. The Bertz CT molecular complexity index is 990. The Labute approximate surface area is 184 Å². The Hall–Kier alpha value is -3.08. The zero-order valence-electron chi connectivity index (χ0n) is 18.8. The van der Waals surface area contributed by atoms with Crippen LogP contribution in [0.1, 0.15) is 37.8 Å². The van der Waals surface area contributed by atoms with Crippen LogP contribution >= 0.6 is 0 Å². The van der Waals surface area contributed by atoms with Crippen molar-refractivity contribution in [2.45, 2.75) is 39.5 Å². The fourth-order valence-electron chi connectivity index (χ4n) is 3.98. The van der Waals surface area contributed by atoms with Gasteiger partial charge < -0.3 is 14.6 Å². The van der Waals surface area contributed by atoms with Crippen molar-refractivity contribution in [1.29, 1.82) is 0 Å². The number of Topliss-reactive ketones (excluding diaryl/α,β-unsaturated/α-hetero) is 1. The molecule has 0 atom stereocenters. The molecule has 1 N–H and O–H groups in total. The molecule has 0 aromatic heterocycles. The minimum Gasteiger partial charge on any atom is -0.511 e. The topological polar surface area (TPSA) is 68.1 Å². The van der Waals surface area contributed by atoms with E-state index in [-0.39, 0.29) is 17.0 Å². The van der Waals surface area contributed by atoms with Gasteiger partial charge in [-0.1, -0.05) is 50.2 Å². The third-order valence-corrected chi connectivity index (χ3v) is 5.51. The van der Waals surface area contributed by atoms with Crippen molar-refractivity contribution in [1.82, 2.24) is 0 Å². The van der Waals surface area contributed by atoms with Crippen LogP contribution < -0.4 is 9.47 Å². The smallest absolute Gasteiger partial charge is 0.168 e. The van der Waals surface area contributed by atoms with E-state index in [4.69, 9.17) is 14.5 Å². The second-order valence-electron chi connectivity index (χ2n) is 8.69. The number of carbonyl (C=O) groups is 1. The summed E-state index contributed by atoms with van der Waals surface area (Å²) in [7, 11) is 3.23. The molecular weight excluding hydrogens is 390 g/mol. The maximum absolute atomic E-state index is 12.9. The van der Waals surface area contributed by atoms with Gasteiger partial charge in [-0.25, -0.2) is 0 Å². The first-order valence-electron chi connectivity index (χ1n) is 10.6. The van der Waals surface area contributed by atoms with Crippen LogP contribution in [0.4, 0.5) is 0 Å². The third-order valence-electron chi connectivity index (χ3n) is 5.51. The molecule has 5 nitrogen and oxygen atoms in total. The van der Waals surface area contributed by atoms with Gasteiger partial charge in [0.05, 0.1) is 19.8 Å². The van der Waals surface area contributed by atoms with Crippen LogP contribution in [0.5, 0.6) is 11.5 Å². The van der Waals surface area contributed by atoms with Crippen molar-refractivity contribution in [3.05, 3.63) is 71.0 Å². The van der Waals surface area contributed by atoms with Crippen molar-refractivity contribution in [3.63, 3.8) is 0 Å². The Morgan fingerprint density at radius 2 is 1.71 bits per heavy atom. The van der Waals surface area contributed by atoms with E-state index >= 15 is 0 Å². The molecule has 0 saturated heterocycles. The number of aliphatic imine (C=N–C) groups is 1. The molecule has 5 heteroatoms. The van der Waals surface area contributed by atoms with Crippen LogP contribution in [-0.4, -0.2) is 37.4 Å². The minimum atomic E-state index is -0.171. The van der Waals surface area contributed by atoms with E-state index in [1.54, 1.807) is 14.2 Å². The predicted octanol–water partition coefficient (Wildman–Crippen LogP) is 5.13. The van der Waals surface area contributed by atoms with E-state index in [0.29, 0.717) is 55.0 Å². The van der Waals surface area contributed by atoms with Gasteiger partial charge in [0, 0.05) is 25.1 Å². The maximum Gasteiger partial charge on any atom is 0.168 e. The van der Waals surface area contributed by atoms with E-state index < -0.39 is 0 Å². The number of ketones is 1. The van der Waals surface area contributed by atoms with Gasteiger partial charge in [0.25, 0.3) is 0 Å². The third kappa shape index (κ3) is 5.75. The molecule has 2 aromatic rings. The lowest BCUT2D eigenvalue weighted by molar-refractivity contribution is -0.117. The fourth-order valence-corrected chi connectivity index (χ4v) is 3.98. The molecule has 0 aliphatic heterocycles. The first kappa shape index (κ1) is 22.6. The summed E-state index contributed by atoms with van der Waals surface area (Å²) in [6.07, 6.45) is 2.11. The van der Waals surface area contributed by atoms with Crippen LogP contribution in [0.2, 0.25) is 0 Å². The summed E-state index contributed by atoms with van der Waals surface area (Å²) in [5, 5.41) is 10.8. The first-order chi connectivity index (χ1) is 14.8. The van der Waals surface area contributed by atoms with Crippen LogP contribution in [-0.2, 0) is 17.6 Å². The lowest BCUT2D eigenvalue weighted by atomic mass is 9.73. The first-order valence-corrected chi connectivity index (χ1v) is 10.6. The predicted molar refractivity (Wildman–Crippen MR) is 123 cm³/mol. The van der Waals surface area contributed by atoms with E-state index in [2.05, 4.69) is 13.8 Å². The van der Waals surface area contributed by atoms with Crippen LogP contribution in [0.25, 0.3) is 0 Å². The normalized spacial score (nSPS) is 18.7. The molecule has 0 unspecified atom stereocenters. The van der Waals surface area contributed by atoms with Gasteiger partial charge in [0.2, 0.25) is 0 Å². The van der Waals surface area contributed by atoms with Crippen molar-refractivity contribution in [3.8, 4) is 11.5 Å². The van der Waals surface area contributed by atoms with Gasteiger partial charge in [-0.15, -0.1) is 0 Å². The zero-order valence-corrected chi connectivity index (χ0v) is 18.8. The van der Waals surface area contributed by atoms with Gasteiger partial charge >= 0.3 is 0 Å². The van der Waals surface area contributed by atoms with Crippen molar-refractivity contribution < 1.29 is 19.4 Å². The average Bonchev–Trinajstić information content (AvgIpc) is 2.73. The lowest BCUT2D eigenvalue weighted by Gasteiger charge is -2.31. The minimum absolute atomic E-state index is 0.0328. The Morgan fingerprint density at radius 1 is 1.00 bits per heavy atom. The molecule has 1 aliphatic rings. The number of rotatable bonds is 7. The second-order valence-corrected chi connectivity index (χ2v) is 8.69. The Morgan fingerprint density at radius 3 is 2.39 bits per heavy atom. The van der Waals surface area contributed by atoms with Crippen LogP contribution in [0.15, 0.2) is 64.9 Å². The number of ether oxygens (including phenoxy) is 2. The van der Waals surface area contributed by atoms with E-state index in [0.717, 1.165) is 11.1 Å². The molecule has 0 amide bonds. The van der Waals surface area contributed by atoms with Crippen LogP contribution in [0, 0.1) is 5.41 Å². The monoisotopic (exact) mass is 421 g/mol. The highest BCUT2D eigenvalue weighted by molar-refractivity contribution is 6.24. The number of allylic oxidation sites excluding steroid dienone is 2. The summed E-state index contributed by atoms with van der Waals surface area (Å²) in [6.45, 7) is 4.66. The quantitative estimate of drug-likeness (QED) is 0.497. The molecule has 1 saturated carbocycles. The molecule has 0 radical (unpaired) electrons. The molecule has 2 aromatic carbocycles. The number of aliphatic hydroxyl groups is 1. The number of methoxy groups -OCH3 is 2. The van der Waals surface area contributed by atoms with Crippen LogP contribution in [0.3, 0.4) is 0 Å². The molecular formula is C26H31NO4. The molecule has 0 spiro atoms. The van der Waals surface area contributed by atoms with E-state index in [9.17, 15) is 9.90 Å². The summed E-state index contributed by atoms with van der Waals surface area (Å²) < 4.78 is 10.7. The average molecular weight is 422 g/mol. The molecule has 3 rings (SSSR count). The molecule has 164 valence electrons. The van der Waals surface area contributed by atoms with Crippen molar-refractivity contribution >= 4 is 11.5 Å². The number of carbonyl (C=O) groups excluding carboxylic acids is 1. The Balaban J connectivity index is 1.83. The van der Waals surface area contributed by atoms with Crippen molar-refractivity contribution in [2.24, 2.45) is 10.4 Å². The number of aliphatic hydroxyl groups excluding tert-OH is 1. The fraction of sp³-hybridized carbons (Fsp3) is 0.385. The van der Waals surface area contributed by atoms with Gasteiger partial charge in [-0.05, 0) is 41.5 Å². The maximum atomic E-state index is 12.9. The number of hydrogen-bond donors (Lipinski definition) is 1. The largest absolute Gasteiger partial charge is 0.511 e. The summed E-state index contributed by atoms with van der Waals surface area (Å²) in [6, 6.07) is 15.5. The summed E-state index contributed by atoms with van der Waals surface area (Å²) in [5.41, 5.74) is 2.97. The van der Waals surface area contributed by atoms with Gasteiger partial charge in [0.15, 0.2) is 17.3 Å². The molecule has 1 fully saturated rings. The highest BCUT2D eigenvalue weighted by Crippen LogP contribution is 2.36. The van der Waals surface area contributed by atoms with Crippen molar-refractivity contribution in [2.75, 3.05) is 20.8 Å². The van der Waals surface area contributed by atoms with E-state index in [1.165, 1.54) is 0 Å². The number of nitrogens with zero attached hydrogens (tertiary/aromatic N) is 1. The molecule has 0 heterocycles. The van der Waals surface area contributed by atoms with Gasteiger partial charge in [0.1, 0.15) is 5.76 Å². The zero-order chi connectivity index (χ0) is 22.4. The highest BCUT2D eigenvalue weighted by atomic mass is 16.5.